The quantitative estimate of drug-likeness (QED) is 0.915. The van der Waals surface area contributed by atoms with Gasteiger partial charge in [-0.25, -0.2) is 8.42 Å². The van der Waals surface area contributed by atoms with Crippen LogP contribution in [0.15, 0.2) is 29.2 Å². The second kappa shape index (κ2) is 5.16. The molecule has 1 aliphatic rings. The van der Waals surface area contributed by atoms with Crippen molar-refractivity contribution in [2.45, 2.75) is 31.2 Å². The van der Waals surface area contributed by atoms with Crippen molar-refractivity contribution in [2.24, 2.45) is 0 Å². The van der Waals surface area contributed by atoms with Gasteiger partial charge in [0, 0.05) is 12.6 Å². The minimum atomic E-state index is -3.60. The van der Waals surface area contributed by atoms with Gasteiger partial charge in [0.2, 0.25) is 15.9 Å². The zero-order chi connectivity index (χ0) is 15.0. The Bertz CT molecular complexity index is 608. The summed E-state index contributed by atoms with van der Waals surface area (Å²) in [5.41, 5.74) is 0.00294. The van der Waals surface area contributed by atoms with E-state index in [1.807, 2.05) is 13.8 Å². The lowest BCUT2D eigenvalue weighted by Gasteiger charge is -2.28. The van der Waals surface area contributed by atoms with Crippen LogP contribution in [-0.2, 0) is 19.6 Å². The van der Waals surface area contributed by atoms with E-state index in [-0.39, 0.29) is 17.5 Å². The lowest BCUT2D eigenvalue weighted by atomic mass is 10.1. The number of sulfonamides is 1. The Morgan fingerprint density at radius 3 is 2.35 bits per heavy atom. The molecule has 1 aromatic carbocycles. The molecule has 0 bridgehead atoms. The molecule has 1 saturated heterocycles. The second-order valence-electron chi connectivity index (χ2n) is 5.35. The number of hydrogen-bond donors (Lipinski definition) is 1. The van der Waals surface area contributed by atoms with E-state index in [4.69, 9.17) is 4.74 Å². The van der Waals surface area contributed by atoms with Crippen molar-refractivity contribution in [1.82, 2.24) is 4.31 Å². The third-order valence-corrected chi connectivity index (χ3v) is 5.15. The van der Waals surface area contributed by atoms with E-state index >= 15 is 0 Å². The summed E-state index contributed by atoms with van der Waals surface area (Å²) in [6.07, 6.45) is 0. The summed E-state index contributed by atoms with van der Waals surface area (Å²) in [7, 11) is -3.60. The minimum Gasteiger partial charge on any atom is -0.363 e. The number of carbonyl (C=O) groups excluding carboxylic acids is 1. The molecule has 0 spiro atoms. The molecule has 1 heterocycles. The van der Waals surface area contributed by atoms with Gasteiger partial charge in [-0.1, -0.05) is 0 Å². The fourth-order valence-corrected chi connectivity index (χ4v) is 3.71. The summed E-state index contributed by atoms with van der Waals surface area (Å²) in [6, 6.07) is 6.10. The van der Waals surface area contributed by atoms with Gasteiger partial charge in [0.05, 0.1) is 17.0 Å². The van der Waals surface area contributed by atoms with Gasteiger partial charge in [-0.2, -0.15) is 4.31 Å². The Balaban J connectivity index is 2.28. The standard InChI is InChI=1S/C13H18N2O4S/c1-10(16)14-11-4-6-12(7-5-11)20(17,18)15-9-19-8-13(15,2)3/h4-7H,8-9H2,1-3H3,(H,14,16). The van der Waals surface area contributed by atoms with Gasteiger partial charge >= 0.3 is 0 Å². The van der Waals surface area contributed by atoms with Crippen LogP contribution in [0.2, 0.25) is 0 Å². The highest BCUT2D eigenvalue weighted by molar-refractivity contribution is 7.89. The molecule has 1 fully saturated rings. The summed E-state index contributed by atoms with van der Waals surface area (Å²) in [5, 5.41) is 2.60. The lowest BCUT2D eigenvalue weighted by Crippen LogP contribution is -2.44. The van der Waals surface area contributed by atoms with E-state index in [9.17, 15) is 13.2 Å². The molecule has 0 radical (unpaired) electrons. The molecule has 1 aromatic rings. The molecular formula is C13H18N2O4S. The summed E-state index contributed by atoms with van der Waals surface area (Å²) < 4.78 is 31.7. The zero-order valence-corrected chi connectivity index (χ0v) is 12.5. The Hall–Kier alpha value is -1.44. The van der Waals surface area contributed by atoms with Crippen molar-refractivity contribution >= 4 is 21.6 Å². The molecule has 2 rings (SSSR count). The van der Waals surface area contributed by atoms with Gasteiger partial charge in [-0.15, -0.1) is 0 Å². The Morgan fingerprint density at radius 1 is 1.30 bits per heavy atom. The average Bonchev–Trinajstić information content (AvgIpc) is 2.69. The van der Waals surface area contributed by atoms with Gasteiger partial charge in [0.1, 0.15) is 6.73 Å². The topological polar surface area (TPSA) is 75.7 Å². The maximum Gasteiger partial charge on any atom is 0.245 e. The van der Waals surface area contributed by atoms with Gasteiger partial charge in [0.25, 0.3) is 0 Å². The SMILES string of the molecule is CC(=O)Nc1ccc(S(=O)(=O)N2COCC2(C)C)cc1. The van der Waals surface area contributed by atoms with Crippen LogP contribution < -0.4 is 5.32 Å². The summed E-state index contributed by atoms with van der Waals surface area (Å²) in [6.45, 7) is 5.47. The maximum atomic E-state index is 12.5. The zero-order valence-electron chi connectivity index (χ0n) is 11.7. The first-order valence-corrected chi connectivity index (χ1v) is 7.66. The van der Waals surface area contributed by atoms with Crippen LogP contribution >= 0.6 is 0 Å². The fraction of sp³-hybridized carbons (Fsp3) is 0.462. The largest absolute Gasteiger partial charge is 0.363 e. The van der Waals surface area contributed by atoms with Crippen LogP contribution in [0.5, 0.6) is 0 Å². The molecule has 110 valence electrons. The third-order valence-electron chi connectivity index (χ3n) is 3.10. The molecule has 0 aliphatic carbocycles. The normalized spacial score (nSPS) is 18.9. The number of rotatable bonds is 3. The number of anilines is 1. The number of hydrogen-bond acceptors (Lipinski definition) is 4. The molecule has 1 N–H and O–H groups in total. The highest BCUT2D eigenvalue weighted by atomic mass is 32.2. The van der Waals surface area contributed by atoms with E-state index < -0.39 is 15.6 Å². The fourth-order valence-electron chi connectivity index (χ4n) is 2.06. The van der Waals surface area contributed by atoms with Crippen LogP contribution in [0.4, 0.5) is 5.69 Å². The van der Waals surface area contributed by atoms with Crippen molar-refractivity contribution in [3.8, 4) is 0 Å². The number of nitrogens with zero attached hydrogens (tertiary/aromatic N) is 1. The molecule has 0 atom stereocenters. The smallest absolute Gasteiger partial charge is 0.245 e. The molecule has 1 aliphatic heterocycles. The minimum absolute atomic E-state index is 0.0583. The van der Waals surface area contributed by atoms with Crippen LogP contribution in [-0.4, -0.2) is 37.5 Å². The van der Waals surface area contributed by atoms with Gasteiger partial charge in [-0.05, 0) is 38.1 Å². The highest BCUT2D eigenvalue weighted by Crippen LogP contribution is 2.29. The summed E-state index contributed by atoms with van der Waals surface area (Å²) >= 11 is 0. The Morgan fingerprint density at radius 2 is 1.90 bits per heavy atom. The van der Waals surface area contributed by atoms with Crippen LogP contribution in [0, 0.1) is 0 Å². The van der Waals surface area contributed by atoms with Gasteiger partial charge in [-0.3, -0.25) is 4.79 Å². The van der Waals surface area contributed by atoms with E-state index in [1.165, 1.54) is 23.4 Å². The first-order valence-electron chi connectivity index (χ1n) is 6.22. The first-order chi connectivity index (χ1) is 9.23. The van der Waals surface area contributed by atoms with Crippen molar-refractivity contribution in [2.75, 3.05) is 18.7 Å². The molecule has 20 heavy (non-hydrogen) atoms. The van der Waals surface area contributed by atoms with E-state index in [0.717, 1.165) is 0 Å². The lowest BCUT2D eigenvalue weighted by molar-refractivity contribution is -0.114. The van der Waals surface area contributed by atoms with Crippen molar-refractivity contribution in [3.05, 3.63) is 24.3 Å². The second-order valence-corrected chi connectivity index (χ2v) is 7.21. The molecule has 7 heteroatoms. The maximum absolute atomic E-state index is 12.5. The molecule has 0 saturated carbocycles. The Kier molecular flexibility index (Phi) is 3.86. The number of ether oxygens (including phenoxy) is 1. The van der Waals surface area contributed by atoms with E-state index in [0.29, 0.717) is 12.3 Å². The van der Waals surface area contributed by atoms with E-state index in [2.05, 4.69) is 5.32 Å². The number of carbonyl (C=O) groups is 1. The van der Waals surface area contributed by atoms with Crippen LogP contribution in [0.3, 0.4) is 0 Å². The van der Waals surface area contributed by atoms with Crippen LogP contribution in [0.1, 0.15) is 20.8 Å². The van der Waals surface area contributed by atoms with Crippen molar-refractivity contribution < 1.29 is 17.9 Å². The summed E-state index contributed by atoms with van der Waals surface area (Å²) in [4.78, 5) is 11.1. The third kappa shape index (κ3) is 2.84. The number of benzene rings is 1. The Labute approximate surface area is 118 Å². The molecule has 0 unspecified atom stereocenters. The van der Waals surface area contributed by atoms with E-state index in [1.54, 1.807) is 12.1 Å². The predicted molar refractivity (Wildman–Crippen MR) is 74.7 cm³/mol. The summed E-state index contributed by atoms with van der Waals surface area (Å²) in [5.74, 6) is -0.199. The van der Waals surface area contributed by atoms with Gasteiger partial charge in [0.15, 0.2) is 0 Å². The predicted octanol–water partition coefficient (Wildman–Crippen LogP) is 1.40. The molecular weight excluding hydrogens is 280 g/mol. The molecule has 6 nitrogen and oxygen atoms in total. The van der Waals surface area contributed by atoms with Crippen molar-refractivity contribution in [3.63, 3.8) is 0 Å². The highest BCUT2D eigenvalue weighted by Gasteiger charge is 2.41. The number of nitrogens with one attached hydrogen (secondary N) is 1. The number of amides is 1. The monoisotopic (exact) mass is 298 g/mol. The van der Waals surface area contributed by atoms with Crippen molar-refractivity contribution in [1.29, 1.82) is 0 Å². The molecule has 1 amide bonds. The van der Waals surface area contributed by atoms with Crippen LogP contribution in [0.25, 0.3) is 0 Å². The first kappa shape index (κ1) is 15.0. The molecule has 0 aromatic heterocycles. The van der Waals surface area contributed by atoms with Gasteiger partial charge < -0.3 is 10.1 Å². The average molecular weight is 298 g/mol.